The first-order valence-electron chi connectivity index (χ1n) is 4.03. The maximum absolute atomic E-state index is 10.5. The number of benzene rings is 1. The number of nitrogens with two attached hydrogens (primary N) is 2. The quantitative estimate of drug-likeness (QED) is 0.652. The summed E-state index contributed by atoms with van der Waals surface area (Å²) in [6.45, 7) is 0. The molecule has 14 heavy (non-hydrogen) atoms. The molecule has 0 aliphatic rings. The van der Waals surface area contributed by atoms with Crippen LogP contribution >= 0.6 is 11.6 Å². The van der Waals surface area contributed by atoms with E-state index in [4.69, 9.17) is 28.2 Å². The molecule has 0 saturated carbocycles. The third-order valence-electron chi connectivity index (χ3n) is 1.83. The number of carboxylic acid groups (broad SMARTS) is 1. The van der Waals surface area contributed by atoms with Crippen molar-refractivity contribution in [3.05, 3.63) is 28.8 Å². The fourth-order valence-corrected chi connectivity index (χ4v) is 1.18. The molecular formula is C9H11ClN2O2. The molecule has 0 spiro atoms. The van der Waals surface area contributed by atoms with Crippen LogP contribution in [-0.4, -0.2) is 17.1 Å². The third-order valence-corrected chi connectivity index (χ3v) is 2.18. The molecular weight excluding hydrogens is 204 g/mol. The summed E-state index contributed by atoms with van der Waals surface area (Å²) in [5.41, 5.74) is 12.1. The van der Waals surface area contributed by atoms with E-state index in [0.717, 1.165) is 5.56 Å². The summed E-state index contributed by atoms with van der Waals surface area (Å²) in [4.78, 5) is 10.5. The normalized spacial score (nSPS) is 12.4. The molecule has 5 heteroatoms. The molecule has 1 unspecified atom stereocenters. The molecule has 76 valence electrons. The SMILES string of the molecule is Nc1cc(CC(N)C(=O)O)ccc1Cl. The molecule has 4 nitrogen and oxygen atoms in total. The van der Waals surface area contributed by atoms with Gasteiger partial charge in [-0.1, -0.05) is 17.7 Å². The predicted octanol–water partition coefficient (Wildman–Crippen LogP) is 0.877. The lowest BCUT2D eigenvalue weighted by Gasteiger charge is -2.07. The number of hydrogen-bond acceptors (Lipinski definition) is 3. The molecule has 0 saturated heterocycles. The average Bonchev–Trinajstić information content (AvgIpc) is 2.11. The zero-order valence-corrected chi connectivity index (χ0v) is 8.16. The van der Waals surface area contributed by atoms with Crippen LogP contribution in [0.5, 0.6) is 0 Å². The van der Waals surface area contributed by atoms with Gasteiger partial charge in [-0.2, -0.15) is 0 Å². The van der Waals surface area contributed by atoms with Crippen molar-refractivity contribution in [2.24, 2.45) is 5.73 Å². The van der Waals surface area contributed by atoms with Gasteiger partial charge in [0.2, 0.25) is 0 Å². The summed E-state index contributed by atoms with van der Waals surface area (Å²) in [5.74, 6) is -1.03. The van der Waals surface area contributed by atoms with E-state index in [1.807, 2.05) is 0 Å². The number of halogens is 1. The highest BCUT2D eigenvalue weighted by molar-refractivity contribution is 6.33. The molecule has 0 aliphatic heterocycles. The summed E-state index contributed by atoms with van der Waals surface area (Å²) in [6.07, 6.45) is 0.247. The van der Waals surface area contributed by atoms with Crippen molar-refractivity contribution in [3.8, 4) is 0 Å². The van der Waals surface area contributed by atoms with E-state index in [0.29, 0.717) is 10.7 Å². The molecule has 5 N–H and O–H groups in total. The van der Waals surface area contributed by atoms with Crippen molar-refractivity contribution in [1.29, 1.82) is 0 Å². The summed E-state index contributed by atoms with van der Waals surface area (Å²) < 4.78 is 0. The van der Waals surface area contributed by atoms with E-state index in [1.54, 1.807) is 18.2 Å². The Bertz CT molecular complexity index is 355. The lowest BCUT2D eigenvalue weighted by Crippen LogP contribution is -2.32. The molecule has 0 heterocycles. The number of carbonyl (C=O) groups is 1. The molecule has 0 bridgehead atoms. The van der Waals surface area contributed by atoms with Crippen molar-refractivity contribution in [2.75, 3.05) is 5.73 Å². The zero-order chi connectivity index (χ0) is 10.7. The van der Waals surface area contributed by atoms with Crippen LogP contribution in [0.15, 0.2) is 18.2 Å². The minimum Gasteiger partial charge on any atom is -0.480 e. The molecule has 0 aromatic heterocycles. The van der Waals surface area contributed by atoms with Crippen LogP contribution in [-0.2, 0) is 11.2 Å². The van der Waals surface area contributed by atoms with Crippen LogP contribution in [0.2, 0.25) is 5.02 Å². The number of carboxylic acids is 1. The van der Waals surface area contributed by atoms with Crippen LogP contribution in [0.3, 0.4) is 0 Å². The molecule has 1 rings (SSSR count). The highest BCUT2D eigenvalue weighted by Gasteiger charge is 2.12. The summed E-state index contributed by atoms with van der Waals surface area (Å²) in [5, 5.41) is 9.04. The van der Waals surface area contributed by atoms with E-state index in [9.17, 15) is 4.79 Å². The van der Waals surface area contributed by atoms with Crippen LogP contribution in [0, 0.1) is 0 Å². The Morgan fingerprint density at radius 1 is 1.57 bits per heavy atom. The van der Waals surface area contributed by atoms with Crippen molar-refractivity contribution in [2.45, 2.75) is 12.5 Å². The minimum absolute atomic E-state index is 0.247. The summed E-state index contributed by atoms with van der Waals surface area (Å²) >= 11 is 5.71. The van der Waals surface area contributed by atoms with Crippen molar-refractivity contribution >= 4 is 23.3 Å². The van der Waals surface area contributed by atoms with E-state index < -0.39 is 12.0 Å². The molecule has 1 aromatic rings. The first kappa shape index (κ1) is 10.8. The number of nitrogen functional groups attached to an aromatic ring is 1. The molecule has 1 atom stereocenters. The molecule has 0 fully saturated rings. The Morgan fingerprint density at radius 3 is 2.71 bits per heavy atom. The lowest BCUT2D eigenvalue weighted by atomic mass is 10.1. The Hall–Kier alpha value is -1.26. The Kier molecular flexibility index (Phi) is 3.33. The van der Waals surface area contributed by atoms with Gasteiger partial charge in [-0.15, -0.1) is 0 Å². The van der Waals surface area contributed by atoms with Gasteiger partial charge in [0.25, 0.3) is 0 Å². The van der Waals surface area contributed by atoms with Crippen molar-refractivity contribution < 1.29 is 9.90 Å². The van der Waals surface area contributed by atoms with Crippen LogP contribution in [0.25, 0.3) is 0 Å². The van der Waals surface area contributed by atoms with Gasteiger partial charge in [0, 0.05) is 0 Å². The zero-order valence-electron chi connectivity index (χ0n) is 7.40. The standard InChI is InChI=1S/C9H11ClN2O2/c10-6-2-1-5(3-7(6)11)4-8(12)9(13)14/h1-3,8H,4,11-12H2,(H,13,14). The molecule has 0 amide bonds. The van der Waals surface area contributed by atoms with Crippen LogP contribution in [0.4, 0.5) is 5.69 Å². The first-order valence-corrected chi connectivity index (χ1v) is 4.41. The average molecular weight is 215 g/mol. The van der Waals surface area contributed by atoms with Gasteiger partial charge in [-0.25, -0.2) is 0 Å². The van der Waals surface area contributed by atoms with Gasteiger partial charge >= 0.3 is 5.97 Å². The summed E-state index contributed by atoms with van der Waals surface area (Å²) in [7, 11) is 0. The van der Waals surface area contributed by atoms with Gasteiger partial charge in [-0.3, -0.25) is 4.79 Å². The predicted molar refractivity (Wildman–Crippen MR) is 55.2 cm³/mol. The highest BCUT2D eigenvalue weighted by atomic mass is 35.5. The fourth-order valence-electron chi connectivity index (χ4n) is 1.06. The van der Waals surface area contributed by atoms with Crippen molar-refractivity contribution in [3.63, 3.8) is 0 Å². The topological polar surface area (TPSA) is 89.3 Å². The number of anilines is 1. The molecule has 1 aromatic carbocycles. The van der Waals surface area contributed by atoms with Gasteiger partial charge in [-0.05, 0) is 24.1 Å². The number of rotatable bonds is 3. The number of aliphatic carboxylic acids is 1. The second-order valence-electron chi connectivity index (χ2n) is 3.00. The van der Waals surface area contributed by atoms with Crippen LogP contribution in [0.1, 0.15) is 5.56 Å². The van der Waals surface area contributed by atoms with Crippen LogP contribution < -0.4 is 11.5 Å². The Labute approximate surface area is 86.5 Å². The summed E-state index contributed by atoms with van der Waals surface area (Å²) in [6, 6.07) is 4.06. The van der Waals surface area contributed by atoms with E-state index >= 15 is 0 Å². The van der Waals surface area contributed by atoms with Gasteiger partial charge < -0.3 is 16.6 Å². The van der Waals surface area contributed by atoms with Gasteiger partial charge in [0.05, 0.1) is 10.7 Å². The monoisotopic (exact) mass is 214 g/mol. The smallest absolute Gasteiger partial charge is 0.320 e. The second kappa shape index (κ2) is 4.30. The highest BCUT2D eigenvalue weighted by Crippen LogP contribution is 2.19. The number of hydrogen-bond donors (Lipinski definition) is 3. The first-order chi connectivity index (χ1) is 6.50. The third kappa shape index (κ3) is 2.61. The molecule has 0 aliphatic carbocycles. The van der Waals surface area contributed by atoms with E-state index in [-0.39, 0.29) is 6.42 Å². The fraction of sp³-hybridized carbons (Fsp3) is 0.222. The lowest BCUT2D eigenvalue weighted by molar-refractivity contribution is -0.138. The Morgan fingerprint density at radius 2 is 2.21 bits per heavy atom. The van der Waals surface area contributed by atoms with Crippen molar-refractivity contribution in [1.82, 2.24) is 0 Å². The van der Waals surface area contributed by atoms with E-state index in [1.165, 1.54) is 0 Å². The van der Waals surface area contributed by atoms with Gasteiger partial charge in [0.15, 0.2) is 0 Å². The molecule has 0 radical (unpaired) electrons. The second-order valence-corrected chi connectivity index (χ2v) is 3.41. The largest absolute Gasteiger partial charge is 0.480 e. The van der Waals surface area contributed by atoms with E-state index in [2.05, 4.69) is 0 Å². The maximum atomic E-state index is 10.5. The minimum atomic E-state index is -1.03. The van der Waals surface area contributed by atoms with Gasteiger partial charge in [0.1, 0.15) is 6.04 Å². The Balaban J connectivity index is 2.78. The maximum Gasteiger partial charge on any atom is 0.320 e.